The summed E-state index contributed by atoms with van der Waals surface area (Å²) in [6.07, 6.45) is 1.81. The van der Waals surface area contributed by atoms with Crippen LogP contribution in [0.1, 0.15) is 18.5 Å². The Hall–Kier alpha value is -1.98. The molecule has 4 rings (SSSR count). The Morgan fingerprint density at radius 3 is 2.80 bits per heavy atom. The van der Waals surface area contributed by atoms with Crippen LogP contribution >= 0.6 is 0 Å². The fourth-order valence-electron chi connectivity index (χ4n) is 3.93. The van der Waals surface area contributed by atoms with Crippen molar-refractivity contribution in [2.75, 3.05) is 26.3 Å². The number of rotatable bonds is 3. The van der Waals surface area contributed by atoms with Crippen molar-refractivity contribution in [3.63, 3.8) is 0 Å². The van der Waals surface area contributed by atoms with E-state index in [0.717, 1.165) is 29.4 Å². The Kier molecular flexibility index (Phi) is 4.68. The summed E-state index contributed by atoms with van der Waals surface area (Å²) >= 11 is 0. The molecule has 0 spiro atoms. The molecule has 0 bridgehead atoms. The third-order valence-electron chi connectivity index (χ3n) is 5.42. The summed E-state index contributed by atoms with van der Waals surface area (Å²) in [5.74, 6) is 0.285. The highest BCUT2D eigenvalue weighted by Gasteiger charge is 2.37. The van der Waals surface area contributed by atoms with Gasteiger partial charge in [0, 0.05) is 49.2 Å². The zero-order valence-corrected chi connectivity index (χ0v) is 14.3. The van der Waals surface area contributed by atoms with Crippen molar-refractivity contribution in [3.8, 4) is 0 Å². The van der Waals surface area contributed by atoms with Gasteiger partial charge in [0.05, 0.1) is 11.6 Å². The molecule has 2 aliphatic rings. The van der Waals surface area contributed by atoms with E-state index in [0.29, 0.717) is 32.7 Å². The molecule has 2 fully saturated rings. The number of ether oxygens (including phenoxy) is 1. The Morgan fingerprint density at radius 1 is 1.16 bits per heavy atom. The van der Waals surface area contributed by atoms with Gasteiger partial charge in [0.15, 0.2) is 0 Å². The fraction of sp³-hybridized carbons (Fsp3) is 0.500. The first-order valence-corrected chi connectivity index (χ1v) is 9.10. The number of carbonyl (C=O) groups is 1. The van der Waals surface area contributed by atoms with Gasteiger partial charge in [-0.2, -0.15) is 0 Å². The molecule has 2 atom stereocenters. The molecular weight excluding hydrogens is 316 g/mol. The van der Waals surface area contributed by atoms with Gasteiger partial charge in [-0.3, -0.25) is 9.78 Å². The van der Waals surface area contributed by atoms with Gasteiger partial charge in [-0.25, -0.2) is 0 Å². The first-order chi connectivity index (χ1) is 12.2. The van der Waals surface area contributed by atoms with E-state index in [1.165, 1.54) is 0 Å². The molecule has 0 saturated carbocycles. The van der Waals surface area contributed by atoms with E-state index in [1.807, 2.05) is 35.2 Å². The van der Waals surface area contributed by atoms with Crippen molar-refractivity contribution in [2.24, 2.45) is 11.8 Å². The molecule has 3 heterocycles. The van der Waals surface area contributed by atoms with E-state index in [-0.39, 0.29) is 17.7 Å². The normalized spacial score (nSPS) is 24.8. The maximum absolute atomic E-state index is 12.7. The van der Waals surface area contributed by atoms with Gasteiger partial charge in [-0.15, -0.1) is 0 Å². The molecule has 0 radical (unpaired) electrons. The van der Waals surface area contributed by atoms with Crippen LogP contribution in [0.25, 0.3) is 10.9 Å². The molecule has 132 valence electrons. The Labute approximate surface area is 147 Å². The summed E-state index contributed by atoms with van der Waals surface area (Å²) in [7, 11) is 0. The second-order valence-corrected chi connectivity index (χ2v) is 7.16. The zero-order chi connectivity index (χ0) is 17.2. The van der Waals surface area contributed by atoms with Gasteiger partial charge in [0.1, 0.15) is 0 Å². The highest BCUT2D eigenvalue weighted by Crippen LogP contribution is 2.26. The van der Waals surface area contributed by atoms with E-state index < -0.39 is 6.10 Å². The van der Waals surface area contributed by atoms with Crippen LogP contribution in [0.15, 0.2) is 36.4 Å². The van der Waals surface area contributed by atoms with Crippen molar-refractivity contribution >= 4 is 16.8 Å². The second kappa shape index (κ2) is 7.10. The van der Waals surface area contributed by atoms with Crippen molar-refractivity contribution < 1.29 is 14.6 Å². The monoisotopic (exact) mass is 340 g/mol. The van der Waals surface area contributed by atoms with Gasteiger partial charge in [-0.05, 0) is 31.4 Å². The lowest BCUT2D eigenvalue weighted by Gasteiger charge is -2.26. The highest BCUT2D eigenvalue weighted by atomic mass is 16.5. The minimum atomic E-state index is -0.475. The minimum Gasteiger partial charge on any atom is -0.391 e. The lowest BCUT2D eigenvalue weighted by molar-refractivity contribution is -0.137. The number of benzene rings is 1. The summed E-state index contributed by atoms with van der Waals surface area (Å²) < 4.78 is 5.34. The molecule has 1 aromatic carbocycles. The van der Waals surface area contributed by atoms with Crippen LogP contribution in [-0.4, -0.2) is 53.3 Å². The van der Waals surface area contributed by atoms with E-state index in [1.54, 1.807) is 0 Å². The summed E-state index contributed by atoms with van der Waals surface area (Å²) in [5, 5.41) is 11.6. The summed E-state index contributed by atoms with van der Waals surface area (Å²) in [4.78, 5) is 19.2. The SMILES string of the molecule is O=C(C1CCOCC1)N1C[C@@H](Cc2ccc3ccccc3n2)[C@H](O)C1. The van der Waals surface area contributed by atoms with E-state index in [9.17, 15) is 9.90 Å². The van der Waals surface area contributed by atoms with Crippen LogP contribution in [0.5, 0.6) is 0 Å². The molecule has 0 unspecified atom stereocenters. The van der Waals surface area contributed by atoms with E-state index in [2.05, 4.69) is 6.07 Å². The van der Waals surface area contributed by atoms with Crippen LogP contribution in [0, 0.1) is 11.8 Å². The number of aromatic nitrogens is 1. The quantitative estimate of drug-likeness (QED) is 0.929. The molecule has 1 N–H and O–H groups in total. The lowest BCUT2D eigenvalue weighted by Crippen LogP contribution is -2.37. The third-order valence-corrected chi connectivity index (χ3v) is 5.42. The number of pyridine rings is 1. The number of fused-ring (bicyclic) bond motifs is 1. The number of para-hydroxylation sites is 1. The number of hydrogen-bond acceptors (Lipinski definition) is 4. The first-order valence-electron chi connectivity index (χ1n) is 9.10. The van der Waals surface area contributed by atoms with Crippen molar-refractivity contribution in [1.29, 1.82) is 0 Å². The van der Waals surface area contributed by atoms with Gasteiger partial charge in [-0.1, -0.05) is 24.3 Å². The number of β-amino-alcohol motifs (C(OH)–C–C–N with tert-alkyl or cyclic N) is 1. The molecular formula is C20H24N2O3. The largest absolute Gasteiger partial charge is 0.391 e. The van der Waals surface area contributed by atoms with Gasteiger partial charge in [0.2, 0.25) is 5.91 Å². The van der Waals surface area contributed by atoms with Crippen LogP contribution in [0.2, 0.25) is 0 Å². The number of aliphatic hydroxyl groups excluding tert-OH is 1. The Morgan fingerprint density at radius 2 is 1.96 bits per heavy atom. The van der Waals surface area contributed by atoms with Gasteiger partial charge in [0.25, 0.3) is 0 Å². The smallest absolute Gasteiger partial charge is 0.225 e. The van der Waals surface area contributed by atoms with Crippen LogP contribution in [0.4, 0.5) is 0 Å². The second-order valence-electron chi connectivity index (χ2n) is 7.16. The summed E-state index contributed by atoms with van der Waals surface area (Å²) in [6, 6.07) is 12.1. The maximum Gasteiger partial charge on any atom is 0.225 e. The predicted octanol–water partition coefficient (Wildman–Crippen LogP) is 2.02. The lowest BCUT2D eigenvalue weighted by atomic mass is 9.98. The van der Waals surface area contributed by atoms with Gasteiger partial charge >= 0.3 is 0 Å². The molecule has 2 aromatic rings. The average Bonchev–Trinajstić information content (AvgIpc) is 3.02. The van der Waals surface area contributed by atoms with E-state index in [4.69, 9.17) is 9.72 Å². The van der Waals surface area contributed by atoms with E-state index >= 15 is 0 Å². The predicted molar refractivity (Wildman–Crippen MR) is 95.1 cm³/mol. The Bertz CT molecular complexity index is 757. The van der Waals surface area contributed by atoms with Crippen LogP contribution in [-0.2, 0) is 16.0 Å². The number of likely N-dealkylation sites (tertiary alicyclic amines) is 1. The first kappa shape index (κ1) is 16.5. The van der Waals surface area contributed by atoms with Gasteiger partial charge < -0.3 is 14.7 Å². The zero-order valence-electron chi connectivity index (χ0n) is 14.3. The topological polar surface area (TPSA) is 62.7 Å². The third kappa shape index (κ3) is 3.53. The molecule has 1 amide bonds. The number of hydrogen-bond donors (Lipinski definition) is 1. The molecule has 2 saturated heterocycles. The number of aliphatic hydroxyl groups is 1. The van der Waals surface area contributed by atoms with Crippen LogP contribution < -0.4 is 0 Å². The minimum absolute atomic E-state index is 0.0532. The van der Waals surface area contributed by atoms with Crippen molar-refractivity contribution in [2.45, 2.75) is 25.4 Å². The number of nitrogens with zero attached hydrogens (tertiary/aromatic N) is 2. The summed E-state index contributed by atoms with van der Waals surface area (Å²) in [6.45, 7) is 2.38. The number of amides is 1. The highest BCUT2D eigenvalue weighted by molar-refractivity contribution is 5.79. The molecule has 0 aliphatic carbocycles. The molecule has 1 aromatic heterocycles. The molecule has 5 nitrogen and oxygen atoms in total. The van der Waals surface area contributed by atoms with Crippen molar-refractivity contribution in [3.05, 3.63) is 42.1 Å². The average molecular weight is 340 g/mol. The fourth-order valence-corrected chi connectivity index (χ4v) is 3.93. The number of carbonyl (C=O) groups excluding carboxylic acids is 1. The maximum atomic E-state index is 12.7. The summed E-state index contributed by atoms with van der Waals surface area (Å²) in [5.41, 5.74) is 1.95. The van der Waals surface area contributed by atoms with Crippen LogP contribution in [0.3, 0.4) is 0 Å². The Balaban J connectivity index is 1.43. The standard InChI is InChI=1S/C20H24N2O3/c23-19-13-22(20(24)15-7-9-25-10-8-15)12-16(19)11-17-6-5-14-3-1-2-4-18(14)21-17/h1-6,15-16,19,23H,7-13H2/t16-,19-/m1/s1. The molecule has 5 heteroatoms. The molecule has 2 aliphatic heterocycles. The van der Waals surface area contributed by atoms with Crippen molar-refractivity contribution in [1.82, 2.24) is 9.88 Å². The molecule has 25 heavy (non-hydrogen) atoms.